The summed E-state index contributed by atoms with van der Waals surface area (Å²) in [6.07, 6.45) is 8.38. The van der Waals surface area contributed by atoms with Crippen LogP contribution in [0.1, 0.15) is 37.1 Å². The average Bonchev–Trinajstić information content (AvgIpc) is 3.02. The molecule has 0 radical (unpaired) electrons. The number of hydrogen-bond acceptors (Lipinski definition) is 5. The summed E-state index contributed by atoms with van der Waals surface area (Å²) >= 11 is 0. The second kappa shape index (κ2) is 6.40. The molecule has 1 aliphatic heterocycles. The van der Waals surface area contributed by atoms with E-state index >= 15 is 0 Å². The molecule has 1 atom stereocenters. The number of fused-ring (bicyclic) bond motifs is 2. The third kappa shape index (κ3) is 2.79. The molecule has 0 saturated heterocycles. The molecule has 4 rings (SSSR count). The smallest absolute Gasteiger partial charge is 0.224 e. The second-order valence-corrected chi connectivity index (χ2v) is 6.58. The Balaban J connectivity index is 1.76. The Morgan fingerprint density at radius 2 is 2.19 bits per heavy atom. The predicted molar refractivity (Wildman–Crippen MR) is 101 cm³/mol. The van der Waals surface area contributed by atoms with E-state index in [1.54, 1.807) is 16.8 Å². The lowest BCUT2D eigenvalue weighted by Crippen LogP contribution is -2.18. The third-order valence-electron chi connectivity index (χ3n) is 4.70. The van der Waals surface area contributed by atoms with Gasteiger partial charge in [-0.25, -0.2) is 14.4 Å². The van der Waals surface area contributed by atoms with Gasteiger partial charge in [0.05, 0.1) is 0 Å². The van der Waals surface area contributed by atoms with Gasteiger partial charge in [-0.2, -0.15) is 4.98 Å². The molecule has 3 aromatic rings. The van der Waals surface area contributed by atoms with Gasteiger partial charge in [-0.3, -0.25) is 0 Å². The second-order valence-electron chi connectivity index (χ2n) is 6.58. The zero-order valence-electron chi connectivity index (χ0n) is 15.0. The molecule has 26 heavy (non-hydrogen) atoms. The molecule has 0 aromatic carbocycles. The van der Waals surface area contributed by atoms with Gasteiger partial charge in [0.15, 0.2) is 11.5 Å². The monoisotopic (exact) mass is 352 g/mol. The average molecular weight is 352 g/mol. The maximum absolute atomic E-state index is 14.5. The fourth-order valence-electron chi connectivity index (χ4n) is 3.05. The lowest BCUT2D eigenvalue weighted by Gasteiger charge is -2.20. The normalized spacial score (nSPS) is 14.5. The minimum atomic E-state index is -0.340. The number of anilines is 2. The number of nitrogens with zero attached hydrogens (tertiary/aromatic N) is 4. The Labute approximate surface area is 151 Å². The van der Waals surface area contributed by atoms with Gasteiger partial charge < -0.3 is 15.0 Å². The minimum absolute atomic E-state index is 0.298. The van der Waals surface area contributed by atoms with Crippen LogP contribution in [-0.2, 0) is 0 Å². The van der Waals surface area contributed by atoms with E-state index in [0.29, 0.717) is 24.2 Å². The lowest BCUT2D eigenvalue weighted by molar-refractivity contribution is 0.629. The summed E-state index contributed by atoms with van der Waals surface area (Å²) in [6, 6.07) is 1.82. The predicted octanol–water partition coefficient (Wildman–Crippen LogP) is 3.64. The van der Waals surface area contributed by atoms with E-state index < -0.39 is 0 Å². The molecular formula is C19H21FN6. The van der Waals surface area contributed by atoms with Crippen molar-refractivity contribution in [2.75, 3.05) is 17.2 Å². The topological polar surface area (TPSA) is 67.1 Å². The van der Waals surface area contributed by atoms with Crippen LogP contribution in [0.15, 0.2) is 30.7 Å². The summed E-state index contributed by atoms with van der Waals surface area (Å²) in [5, 5.41) is 6.55. The molecule has 134 valence electrons. The summed E-state index contributed by atoms with van der Waals surface area (Å²) in [5.41, 5.74) is 3.79. The van der Waals surface area contributed by atoms with Gasteiger partial charge in [0.2, 0.25) is 5.95 Å². The highest BCUT2D eigenvalue weighted by molar-refractivity contribution is 5.87. The molecule has 0 amide bonds. The Morgan fingerprint density at radius 1 is 1.35 bits per heavy atom. The van der Waals surface area contributed by atoms with E-state index in [0.717, 1.165) is 34.6 Å². The van der Waals surface area contributed by atoms with Gasteiger partial charge in [-0.15, -0.1) is 0 Å². The molecule has 6 nitrogen and oxygen atoms in total. The molecular weight excluding hydrogens is 331 g/mol. The van der Waals surface area contributed by atoms with Crippen molar-refractivity contribution in [2.24, 2.45) is 0 Å². The fraction of sp³-hybridized carbons (Fsp3) is 0.316. The van der Waals surface area contributed by atoms with E-state index in [1.807, 2.05) is 19.2 Å². The molecule has 4 heterocycles. The molecule has 0 spiro atoms. The van der Waals surface area contributed by atoms with E-state index in [1.165, 1.54) is 6.07 Å². The maximum Gasteiger partial charge on any atom is 0.224 e. The number of rotatable bonds is 4. The van der Waals surface area contributed by atoms with Crippen LogP contribution in [0.2, 0.25) is 0 Å². The highest BCUT2D eigenvalue weighted by Gasteiger charge is 2.19. The largest absolute Gasteiger partial charge is 0.366 e. The molecule has 0 unspecified atom stereocenters. The van der Waals surface area contributed by atoms with Crippen LogP contribution < -0.4 is 10.6 Å². The Bertz CT molecular complexity index is 1010. The van der Waals surface area contributed by atoms with Crippen molar-refractivity contribution in [3.8, 4) is 0 Å². The van der Waals surface area contributed by atoms with Crippen LogP contribution in [0, 0.1) is 12.7 Å². The van der Waals surface area contributed by atoms with Gasteiger partial charge in [0.1, 0.15) is 5.82 Å². The Hall–Kier alpha value is -2.96. The zero-order valence-corrected chi connectivity index (χ0v) is 15.0. The van der Waals surface area contributed by atoms with Crippen LogP contribution in [0.25, 0.3) is 11.2 Å². The van der Waals surface area contributed by atoms with Crippen molar-refractivity contribution in [3.63, 3.8) is 0 Å². The number of hydrogen-bond donors (Lipinski definition) is 2. The van der Waals surface area contributed by atoms with Gasteiger partial charge in [-0.05, 0) is 31.9 Å². The highest BCUT2D eigenvalue weighted by Crippen LogP contribution is 2.32. The number of pyridine rings is 1. The minimum Gasteiger partial charge on any atom is -0.366 e. The first-order chi connectivity index (χ1) is 12.6. The van der Waals surface area contributed by atoms with Crippen molar-refractivity contribution < 1.29 is 4.39 Å². The van der Waals surface area contributed by atoms with Crippen molar-refractivity contribution in [2.45, 2.75) is 33.2 Å². The first-order valence-corrected chi connectivity index (χ1v) is 8.78. The summed E-state index contributed by atoms with van der Waals surface area (Å²) < 4.78 is 16.2. The zero-order chi connectivity index (χ0) is 18.3. The van der Waals surface area contributed by atoms with Crippen molar-refractivity contribution in [1.29, 1.82) is 0 Å². The maximum atomic E-state index is 14.5. The number of nitrogens with one attached hydrogen (secondary N) is 2. The summed E-state index contributed by atoms with van der Waals surface area (Å²) in [6.45, 7) is 6.74. The van der Waals surface area contributed by atoms with Gasteiger partial charge in [0.25, 0.3) is 0 Å². The molecule has 1 aliphatic rings. The summed E-state index contributed by atoms with van der Waals surface area (Å²) in [7, 11) is 0. The molecule has 3 aromatic heterocycles. The standard InChI is InChI=1S/C19H21FN6/c1-4-11(2)24-19-23-9-15-14(5-6-21-17(15)25-19)13-7-16(20)18-22-8-12(3)26(18)10-13/h5,7-11H,4,6H2,1-3H3,(H2,21,23,24,25)/t11-/m0/s1. The molecule has 0 saturated carbocycles. The van der Waals surface area contributed by atoms with Crippen LogP contribution in [0.5, 0.6) is 0 Å². The third-order valence-corrected chi connectivity index (χ3v) is 4.70. The highest BCUT2D eigenvalue weighted by atomic mass is 19.1. The summed E-state index contributed by atoms with van der Waals surface area (Å²) in [5.74, 6) is 1.01. The van der Waals surface area contributed by atoms with E-state index in [9.17, 15) is 4.39 Å². The molecule has 2 N–H and O–H groups in total. The van der Waals surface area contributed by atoms with Crippen LogP contribution >= 0.6 is 0 Å². The fourth-order valence-corrected chi connectivity index (χ4v) is 3.05. The number of imidazole rings is 1. The van der Waals surface area contributed by atoms with Crippen molar-refractivity contribution in [1.82, 2.24) is 19.4 Å². The van der Waals surface area contributed by atoms with E-state index in [4.69, 9.17) is 0 Å². The first-order valence-electron chi connectivity index (χ1n) is 8.78. The molecule has 0 fully saturated rings. The quantitative estimate of drug-likeness (QED) is 0.750. The van der Waals surface area contributed by atoms with Gasteiger partial charge >= 0.3 is 0 Å². The first kappa shape index (κ1) is 16.5. The van der Waals surface area contributed by atoms with E-state index in [2.05, 4.69) is 39.4 Å². The Morgan fingerprint density at radius 3 is 3.00 bits per heavy atom. The summed E-state index contributed by atoms with van der Waals surface area (Å²) in [4.78, 5) is 13.1. The lowest BCUT2D eigenvalue weighted by atomic mass is 9.98. The van der Waals surface area contributed by atoms with Crippen LogP contribution in [-0.4, -0.2) is 31.9 Å². The van der Waals surface area contributed by atoms with Gasteiger partial charge in [-0.1, -0.05) is 13.0 Å². The number of aryl methyl sites for hydroxylation is 1. The SMILES string of the molecule is CC[C@H](C)Nc1ncc2c(n1)NCC=C2c1cc(F)c2ncc(C)n2c1. The molecule has 0 aliphatic carbocycles. The molecule has 7 heteroatoms. The van der Waals surface area contributed by atoms with E-state index in [-0.39, 0.29) is 5.82 Å². The van der Waals surface area contributed by atoms with Crippen molar-refractivity contribution >= 4 is 23.0 Å². The van der Waals surface area contributed by atoms with Crippen LogP contribution in [0.4, 0.5) is 16.2 Å². The van der Waals surface area contributed by atoms with Gasteiger partial charge in [0, 0.05) is 48.0 Å². The Kier molecular flexibility index (Phi) is 4.06. The van der Waals surface area contributed by atoms with Crippen molar-refractivity contribution in [3.05, 3.63) is 53.4 Å². The number of halogens is 1. The molecule has 0 bridgehead atoms. The number of aromatic nitrogens is 4. The van der Waals surface area contributed by atoms with Crippen LogP contribution in [0.3, 0.4) is 0 Å².